The number of urea groups is 1. The number of benzene rings is 1. The molecular formula is C14H17FN2O3. The number of hydrogen-bond acceptors (Lipinski definition) is 2. The van der Waals surface area contributed by atoms with Crippen LogP contribution in [-0.2, 0) is 4.79 Å². The van der Waals surface area contributed by atoms with Gasteiger partial charge in [-0.1, -0.05) is 25.0 Å². The van der Waals surface area contributed by atoms with Gasteiger partial charge in [-0.15, -0.1) is 0 Å². The molecule has 0 unspecified atom stereocenters. The summed E-state index contributed by atoms with van der Waals surface area (Å²) in [5, 5.41) is 14.1. The molecular weight excluding hydrogens is 263 g/mol. The number of halogens is 1. The van der Waals surface area contributed by atoms with Crippen LogP contribution in [0.3, 0.4) is 0 Å². The summed E-state index contributed by atoms with van der Waals surface area (Å²) in [4.78, 5) is 22.8. The highest BCUT2D eigenvalue weighted by molar-refractivity contribution is 5.90. The molecule has 2 rings (SSSR count). The largest absolute Gasteiger partial charge is 0.481 e. The van der Waals surface area contributed by atoms with Crippen molar-refractivity contribution in [3.8, 4) is 0 Å². The maximum Gasteiger partial charge on any atom is 0.319 e. The Morgan fingerprint density at radius 1 is 1.25 bits per heavy atom. The van der Waals surface area contributed by atoms with Crippen molar-refractivity contribution >= 4 is 17.7 Å². The predicted molar refractivity (Wildman–Crippen MR) is 72.0 cm³/mol. The molecule has 0 radical (unpaired) electrons. The van der Waals surface area contributed by atoms with E-state index in [4.69, 9.17) is 5.11 Å². The van der Waals surface area contributed by atoms with Crippen LogP contribution in [0.15, 0.2) is 24.3 Å². The number of carboxylic acids is 1. The van der Waals surface area contributed by atoms with E-state index in [-0.39, 0.29) is 12.1 Å². The second kappa shape index (κ2) is 5.90. The van der Waals surface area contributed by atoms with E-state index in [9.17, 15) is 14.0 Å². The quantitative estimate of drug-likeness (QED) is 0.793. The molecule has 0 atom stereocenters. The minimum Gasteiger partial charge on any atom is -0.481 e. The molecule has 0 aromatic heterocycles. The number of nitrogens with one attached hydrogen (secondary N) is 2. The third-order valence-corrected chi connectivity index (χ3v) is 3.55. The molecule has 1 aromatic carbocycles. The van der Waals surface area contributed by atoms with Crippen molar-refractivity contribution in [1.82, 2.24) is 5.32 Å². The smallest absolute Gasteiger partial charge is 0.319 e. The topological polar surface area (TPSA) is 78.4 Å². The van der Waals surface area contributed by atoms with Crippen LogP contribution in [0, 0.1) is 5.82 Å². The van der Waals surface area contributed by atoms with Crippen LogP contribution >= 0.6 is 0 Å². The number of amides is 2. The average molecular weight is 280 g/mol. The standard InChI is InChI=1S/C14H17FN2O3/c15-10-5-1-2-6-11(10)16-13(20)17-14(9-12(18)19)7-3-4-8-14/h1-2,5-6H,3-4,7-9H2,(H,18,19)(H2,16,17,20). The van der Waals surface area contributed by atoms with Crippen molar-refractivity contribution in [2.75, 3.05) is 5.32 Å². The zero-order valence-electron chi connectivity index (χ0n) is 11.0. The lowest BCUT2D eigenvalue weighted by Gasteiger charge is -2.28. The first-order valence-electron chi connectivity index (χ1n) is 6.56. The Morgan fingerprint density at radius 2 is 1.90 bits per heavy atom. The third kappa shape index (κ3) is 3.46. The highest BCUT2D eigenvalue weighted by Gasteiger charge is 2.37. The zero-order chi connectivity index (χ0) is 14.6. The van der Waals surface area contributed by atoms with Crippen LogP contribution in [0.5, 0.6) is 0 Å². The van der Waals surface area contributed by atoms with Crippen LogP contribution in [0.2, 0.25) is 0 Å². The van der Waals surface area contributed by atoms with Crippen LogP contribution in [0.4, 0.5) is 14.9 Å². The van der Waals surface area contributed by atoms with Gasteiger partial charge in [0, 0.05) is 0 Å². The third-order valence-electron chi connectivity index (χ3n) is 3.55. The predicted octanol–water partition coefficient (Wildman–Crippen LogP) is 2.73. The molecule has 2 amide bonds. The Balaban J connectivity index is 2.02. The minimum atomic E-state index is -0.946. The van der Waals surface area contributed by atoms with E-state index >= 15 is 0 Å². The highest BCUT2D eigenvalue weighted by Crippen LogP contribution is 2.32. The van der Waals surface area contributed by atoms with Gasteiger partial charge in [0.2, 0.25) is 0 Å². The fourth-order valence-electron chi connectivity index (χ4n) is 2.64. The molecule has 0 aliphatic heterocycles. The van der Waals surface area contributed by atoms with Gasteiger partial charge in [0.15, 0.2) is 0 Å². The fraction of sp³-hybridized carbons (Fsp3) is 0.429. The van der Waals surface area contributed by atoms with Crippen LogP contribution in [0.1, 0.15) is 32.1 Å². The van der Waals surface area contributed by atoms with Crippen molar-refractivity contribution in [2.24, 2.45) is 0 Å². The number of rotatable bonds is 4. The summed E-state index contributed by atoms with van der Waals surface area (Å²) in [6.45, 7) is 0. The van der Waals surface area contributed by atoms with Gasteiger partial charge in [-0.05, 0) is 25.0 Å². The lowest BCUT2D eigenvalue weighted by molar-refractivity contribution is -0.138. The minimum absolute atomic E-state index is 0.0773. The molecule has 1 aliphatic rings. The number of carboxylic acid groups (broad SMARTS) is 1. The van der Waals surface area contributed by atoms with Crippen molar-refractivity contribution in [2.45, 2.75) is 37.6 Å². The molecule has 3 N–H and O–H groups in total. The van der Waals surface area contributed by atoms with Crippen LogP contribution < -0.4 is 10.6 Å². The van der Waals surface area contributed by atoms with Gasteiger partial charge < -0.3 is 15.7 Å². The molecule has 0 spiro atoms. The van der Waals surface area contributed by atoms with Gasteiger partial charge >= 0.3 is 12.0 Å². The first-order chi connectivity index (χ1) is 9.51. The van der Waals surface area contributed by atoms with Crippen molar-refractivity contribution < 1.29 is 19.1 Å². The normalized spacial score (nSPS) is 16.6. The van der Waals surface area contributed by atoms with Crippen LogP contribution in [0.25, 0.3) is 0 Å². The first-order valence-corrected chi connectivity index (χ1v) is 6.56. The second-order valence-electron chi connectivity index (χ2n) is 5.12. The maximum absolute atomic E-state index is 13.4. The summed E-state index contributed by atoms with van der Waals surface area (Å²) in [6.07, 6.45) is 2.91. The van der Waals surface area contributed by atoms with Crippen molar-refractivity contribution in [3.63, 3.8) is 0 Å². The van der Waals surface area contributed by atoms with Gasteiger partial charge in [-0.25, -0.2) is 9.18 Å². The lowest BCUT2D eigenvalue weighted by Crippen LogP contribution is -2.49. The molecule has 1 fully saturated rings. The summed E-state index contributed by atoms with van der Waals surface area (Å²) >= 11 is 0. The molecule has 20 heavy (non-hydrogen) atoms. The van der Waals surface area contributed by atoms with E-state index < -0.39 is 23.4 Å². The summed E-state index contributed by atoms with van der Waals surface area (Å²) in [5.74, 6) is -1.47. The average Bonchev–Trinajstić information content (AvgIpc) is 2.79. The Hall–Kier alpha value is -2.11. The summed E-state index contributed by atoms with van der Waals surface area (Å²) in [5.41, 5.74) is -0.644. The molecule has 5 nitrogen and oxygen atoms in total. The van der Waals surface area contributed by atoms with Gasteiger partial charge in [-0.2, -0.15) is 0 Å². The fourth-order valence-corrected chi connectivity index (χ4v) is 2.64. The molecule has 0 heterocycles. The number of aliphatic carboxylic acids is 1. The Kier molecular flexibility index (Phi) is 4.22. The van der Waals surface area contributed by atoms with E-state index in [2.05, 4.69) is 10.6 Å². The lowest BCUT2D eigenvalue weighted by atomic mass is 9.93. The van der Waals surface area contributed by atoms with E-state index in [0.29, 0.717) is 12.8 Å². The number of hydrogen-bond donors (Lipinski definition) is 3. The molecule has 1 saturated carbocycles. The Bertz CT molecular complexity index is 513. The molecule has 6 heteroatoms. The highest BCUT2D eigenvalue weighted by atomic mass is 19.1. The number of anilines is 1. The van der Waals surface area contributed by atoms with Crippen molar-refractivity contribution in [3.05, 3.63) is 30.1 Å². The molecule has 1 aliphatic carbocycles. The van der Waals surface area contributed by atoms with E-state index in [0.717, 1.165) is 12.8 Å². The molecule has 108 valence electrons. The molecule has 1 aromatic rings. The second-order valence-corrected chi connectivity index (χ2v) is 5.12. The van der Waals surface area contributed by atoms with Gasteiger partial charge in [0.05, 0.1) is 17.6 Å². The maximum atomic E-state index is 13.4. The molecule has 0 bridgehead atoms. The van der Waals surface area contributed by atoms with E-state index in [1.54, 1.807) is 6.07 Å². The Morgan fingerprint density at radius 3 is 2.50 bits per heavy atom. The van der Waals surface area contributed by atoms with Crippen LogP contribution in [-0.4, -0.2) is 22.6 Å². The zero-order valence-corrected chi connectivity index (χ0v) is 11.0. The van der Waals surface area contributed by atoms with Gasteiger partial charge in [0.1, 0.15) is 5.82 Å². The number of carbonyl (C=O) groups is 2. The monoisotopic (exact) mass is 280 g/mol. The number of carbonyl (C=O) groups excluding carboxylic acids is 1. The summed E-state index contributed by atoms with van der Waals surface area (Å²) in [6, 6.07) is 5.27. The van der Waals surface area contributed by atoms with Crippen molar-refractivity contribution in [1.29, 1.82) is 0 Å². The summed E-state index contributed by atoms with van der Waals surface area (Å²) in [7, 11) is 0. The SMILES string of the molecule is O=C(O)CC1(NC(=O)Nc2ccccc2F)CCCC1. The Labute approximate surface area is 116 Å². The van der Waals surface area contributed by atoms with E-state index in [1.165, 1.54) is 18.2 Å². The number of para-hydroxylation sites is 1. The summed E-state index contributed by atoms with van der Waals surface area (Å²) < 4.78 is 13.4. The van der Waals surface area contributed by atoms with E-state index in [1.807, 2.05) is 0 Å². The van der Waals surface area contributed by atoms with Gasteiger partial charge in [-0.3, -0.25) is 4.79 Å². The first kappa shape index (κ1) is 14.3. The van der Waals surface area contributed by atoms with Gasteiger partial charge in [0.25, 0.3) is 0 Å². The molecule has 0 saturated heterocycles.